The first-order valence-corrected chi connectivity index (χ1v) is 6.71. The van der Waals surface area contributed by atoms with Crippen LogP contribution < -0.4 is 0 Å². The Bertz CT molecular complexity index is 195. The van der Waals surface area contributed by atoms with Gasteiger partial charge in [0.1, 0.15) is 0 Å². The summed E-state index contributed by atoms with van der Waals surface area (Å²) < 4.78 is 0. The minimum absolute atomic E-state index is 0.0137. The molecule has 2 aliphatic rings. The van der Waals surface area contributed by atoms with E-state index in [1.54, 1.807) is 0 Å². The van der Waals surface area contributed by atoms with E-state index >= 15 is 0 Å². The standard InChI is InChI=1S/C13H25NO/c1-2-11-4-3-8-14(9-7-11)12-5-6-13(15)10-12/h11-13,15H,2-10H2,1H3. The van der Waals surface area contributed by atoms with Crippen molar-refractivity contribution in [2.24, 2.45) is 5.92 Å². The van der Waals surface area contributed by atoms with Crippen molar-refractivity contribution in [2.75, 3.05) is 13.1 Å². The summed E-state index contributed by atoms with van der Waals surface area (Å²) in [6.45, 7) is 4.86. The Morgan fingerprint density at radius 2 is 2.00 bits per heavy atom. The normalized spacial score (nSPS) is 39.2. The van der Waals surface area contributed by atoms with Crippen LogP contribution in [0.15, 0.2) is 0 Å². The molecule has 15 heavy (non-hydrogen) atoms. The van der Waals surface area contributed by atoms with E-state index in [0.29, 0.717) is 6.04 Å². The maximum Gasteiger partial charge on any atom is 0.0555 e. The maximum absolute atomic E-state index is 9.57. The van der Waals surface area contributed by atoms with Crippen LogP contribution in [0.5, 0.6) is 0 Å². The predicted octanol–water partition coefficient (Wildman–Crippen LogP) is 2.41. The van der Waals surface area contributed by atoms with Crippen molar-refractivity contribution in [3.05, 3.63) is 0 Å². The van der Waals surface area contributed by atoms with Crippen LogP contribution in [0.3, 0.4) is 0 Å². The van der Waals surface area contributed by atoms with Gasteiger partial charge in [-0.3, -0.25) is 0 Å². The fraction of sp³-hybridized carbons (Fsp3) is 1.00. The first-order valence-electron chi connectivity index (χ1n) is 6.71. The van der Waals surface area contributed by atoms with Crippen molar-refractivity contribution < 1.29 is 5.11 Å². The smallest absolute Gasteiger partial charge is 0.0555 e. The Morgan fingerprint density at radius 1 is 1.13 bits per heavy atom. The summed E-state index contributed by atoms with van der Waals surface area (Å²) in [7, 11) is 0. The van der Waals surface area contributed by atoms with Gasteiger partial charge in [0.05, 0.1) is 6.10 Å². The van der Waals surface area contributed by atoms with Gasteiger partial charge in [0.2, 0.25) is 0 Å². The van der Waals surface area contributed by atoms with E-state index in [4.69, 9.17) is 0 Å². The molecule has 3 unspecified atom stereocenters. The van der Waals surface area contributed by atoms with Crippen LogP contribution in [0, 0.1) is 5.92 Å². The molecule has 1 aliphatic carbocycles. The fourth-order valence-electron chi connectivity index (χ4n) is 3.23. The minimum atomic E-state index is -0.0137. The summed E-state index contributed by atoms with van der Waals surface area (Å²) in [6.07, 6.45) is 8.77. The zero-order valence-corrected chi connectivity index (χ0v) is 9.99. The van der Waals surface area contributed by atoms with Gasteiger partial charge in [0.15, 0.2) is 0 Å². The van der Waals surface area contributed by atoms with Crippen LogP contribution in [0.25, 0.3) is 0 Å². The molecule has 0 spiro atoms. The second kappa shape index (κ2) is 5.31. The first kappa shape index (κ1) is 11.4. The summed E-state index contributed by atoms with van der Waals surface area (Å²) in [4.78, 5) is 2.64. The van der Waals surface area contributed by atoms with E-state index in [-0.39, 0.29) is 6.10 Å². The zero-order valence-electron chi connectivity index (χ0n) is 9.99. The van der Waals surface area contributed by atoms with E-state index < -0.39 is 0 Å². The number of nitrogens with zero attached hydrogens (tertiary/aromatic N) is 1. The van der Waals surface area contributed by atoms with Crippen LogP contribution in [0.1, 0.15) is 51.9 Å². The second-order valence-electron chi connectivity index (χ2n) is 5.36. The lowest BCUT2D eigenvalue weighted by Gasteiger charge is -2.27. The van der Waals surface area contributed by atoms with Gasteiger partial charge in [-0.15, -0.1) is 0 Å². The second-order valence-corrected chi connectivity index (χ2v) is 5.36. The summed E-state index contributed by atoms with van der Waals surface area (Å²) in [5.41, 5.74) is 0. The Hall–Kier alpha value is -0.0800. The lowest BCUT2D eigenvalue weighted by molar-refractivity contribution is 0.152. The summed E-state index contributed by atoms with van der Waals surface area (Å²) >= 11 is 0. The predicted molar refractivity (Wildman–Crippen MR) is 62.9 cm³/mol. The molecule has 88 valence electrons. The van der Waals surface area contributed by atoms with Crippen LogP contribution in [-0.4, -0.2) is 35.2 Å². The molecule has 1 saturated carbocycles. The number of aliphatic hydroxyl groups is 1. The molecule has 1 heterocycles. The monoisotopic (exact) mass is 211 g/mol. The Morgan fingerprint density at radius 3 is 2.67 bits per heavy atom. The molecular formula is C13H25NO. The maximum atomic E-state index is 9.57. The van der Waals surface area contributed by atoms with Crippen molar-refractivity contribution in [3.8, 4) is 0 Å². The summed E-state index contributed by atoms with van der Waals surface area (Å²) in [5.74, 6) is 0.960. The number of likely N-dealkylation sites (tertiary alicyclic amines) is 1. The highest BCUT2D eigenvalue weighted by molar-refractivity contribution is 4.84. The van der Waals surface area contributed by atoms with E-state index in [2.05, 4.69) is 11.8 Å². The van der Waals surface area contributed by atoms with Gasteiger partial charge in [0.25, 0.3) is 0 Å². The first-order chi connectivity index (χ1) is 7.29. The summed E-state index contributed by atoms with van der Waals surface area (Å²) in [6, 6.07) is 0.690. The molecule has 3 atom stereocenters. The molecule has 0 radical (unpaired) electrons. The van der Waals surface area contributed by atoms with Crippen molar-refractivity contribution in [1.82, 2.24) is 4.90 Å². The molecule has 2 nitrogen and oxygen atoms in total. The lowest BCUT2D eigenvalue weighted by Crippen LogP contribution is -2.34. The molecule has 1 aliphatic heterocycles. The number of rotatable bonds is 2. The van der Waals surface area contributed by atoms with E-state index in [9.17, 15) is 5.11 Å². The van der Waals surface area contributed by atoms with Crippen molar-refractivity contribution in [3.63, 3.8) is 0 Å². The largest absolute Gasteiger partial charge is 0.393 e. The molecule has 0 aromatic rings. The van der Waals surface area contributed by atoms with Crippen molar-refractivity contribution in [2.45, 2.75) is 64.0 Å². The third kappa shape index (κ3) is 2.94. The minimum Gasteiger partial charge on any atom is -0.393 e. The van der Waals surface area contributed by atoms with Crippen molar-refractivity contribution >= 4 is 0 Å². The SMILES string of the molecule is CCC1CCCN(C2CCC(O)C2)CC1. The molecule has 0 amide bonds. The highest BCUT2D eigenvalue weighted by Gasteiger charge is 2.29. The molecule has 0 aromatic carbocycles. The van der Waals surface area contributed by atoms with E-state index in [1.807, 2.05) is 0 Å². The molecule has 0 bridgehead atoms. The molecule has 2 rings (SSSR count). The average molecular weight is 211 g/mol. The number of hydrogen-bond donors (Lipinski definition) is 1. The third-order valence-electron chi connectivity index (χ3n) is 4.35. The van der Waals surface area contributed by atoms with E-state index in [0.717, 1.165) is 18.8 Å². The van der Waals surface area contributed by atoms with Gasteiger partial charge in [-0.1, -0.05) is 13.3 Å². The quantitative estimate of drug-likeness (QED) is 0.758. The van der Waals surface area contributed by atoms with Crippen LogP contribution in [-0.2, 0) is 0 Å². The molecule has 2 fully saturated rings. The topological polar surface area (TPSA) is 23.5 Å². The average Bonchev–Trinajstić information content (AvgIpc) is 2.54. The van der Waals surface area contributed by atoms with Gasteiger partial charge in [-0.05, 0) is 57.5 Å². The lowest BCUT2D eigenvalue weighted by atomic mass is 9.98. The van der Waals surface area contributed by atoms with Gasteiger partial charge < -0.3 is 10.0 Å². The van der Waals surface area contributed by atoms with E-state index in [1.165, 1.54) is 45.2 Å². The number of hydrogen-bond acceptors (Lipinski definition) is 2. The van der Waals surface area contributed by atoms with Crippen LogP contribution in [0.4, 0.5) is 0 Å². The molecule has 0 aromatic heterocycles. The van der Waals surface area contributed by atoms with Crippen LogP contribution >= 0.6 is 0 Å². The van der Waals surface area contributed by atoms with Gasteiger partial charge in [-0.25, -0.2) is 0 Å². The molecule has 1 N–H and O–H groups in total. The Kier molecular flexibility index (Phi) is 4.04. The Balaban J connectivity index is 1.83. The van der Waals surface area contributed by atoms with Gasteiger partial charge in [-0.2, -0.15) is 0 Å². The third-order valence-corrected chi connectivity index (χ3v) is 4.35. The van der Waals surface area contributed by atoms with Crippen molar-refractivity contribution in [1.29, 1.82) is 0 Å². The highest BCUT2D eigenvalue weighted by Crippen LogP contribution is 2.28. The summed E-state index contributed by atoms with van der Waals surface area (Å²) in [5, 5.41) is 9.57. The Labute approximate surface area is 93.7 Å². The number of aliphatic hydroxyl groups excluding tert-OH is 1. The fourth-order valence-corrected chi connectivity index (χ4v) is 3.23. The molecule has 1 saturated heterocycles. The highest BCUT2D eigenvalue weighted by atomic mass is 16.3. The molecular weight excluding hydrogens is 186 g/mol. The zero-order chi connectivity index (χ0) is 10.7. The van der Waals surface area contributed by atoms with Gasteiger partial charge in [0, 0.05) is 6.04 Å². The van der Waals surface area contributed by atoms with Gasteiger partial charge >= 0.3 is 0 Å². The molecule has 2 heteroatoms. The van der Waals surface area contributed by atoms with Crippen LogP contribution in [0.2, 0.25) is 0 Å².